The number of hydrogen-bond donors (Lipinski definition) is 1. The van der Waals surface area contributed by atoms with Gasteiger partial charge in [-0.15, -0.1) is 0 Å². The summed E-state index contributed by atoms with van der Waals surface area (Å²) in [6.45, 7) is 0. The molecule has 0 bridgehead atoms. The first-order valence-corrected chi connectivity index (χ1v) is 6.61. The van der Waals surface area contributed by atoms with Gasteiger partial charge in [0.15, 0.2) is 0 Å². The number of ether oxygens (including phenoxy) is 1. The molecule has 2 aromatic rings. The Kier molecular flexibility index (Phi) is 3.14. The molecule has 1 aliphatic carbocycles. The minimum atomic E-state index is -0.223. The fraction of sp³-hybridized carbons (Fsp3) is 0.250. The molecule has 0 saturated heterocycles. The summed E-state index contributed by atoms with van der Waals surface area (Å²) < 4.78 is 5.16. The van der Waals surface area contributed by atoms with E-state index in [9.17, 15) is 4.79 Å². The number of methoxy groups -OCH3 is 1. The fourth-order valence-corrected chi connectivity index (χ4v) is 2.31. The molecule has 102 valence electrons. The Hall–Kier alpha value is -2.36. The standard InChI is InChI=1S/C16H16N2O2/c1-20-14-6-4-13(5-7-14)16(8-9-16)18-15(19)12-3-2-10-17-11-12/h2-7,10-11H,8-9H2,1H3,(H,18,19). The number of benzene rings is 1. The Bertz CT molecular complexity index is 604. The number of carbonyl (C=O) groups is 1. The number of aromatic nitrogens is 1. The monoisotopic (exact) mass is 268 g/mol. The molecule has 1 aromatic heterocycles. The third-order valence-corrected chi connectivity index (χ3v) is 3.67. The van der Waals surface area contributed by atoms with Crippen molar-refractivity contribution in [1.29, 1.82) is 0 Å². The first-order chi connectivity index (χ1) is 9.73. The second-order valence-corrected chi connectivity index (χ2v) is 5.01. The van der Waals surface area contributed by atoms with E-state index in [-0.39, 0.29) is 11.4 Å². The van der Waals surface area contributed by atoms with Crippen molar-refractivity contribution >= 4 is 5.91 Å². The molecule has 4 nitrogen and oxygen atoms in total. The van der Waals surface area contributed by atoms with E-state index in [0.29, 0.717) is 5.56 Å². The van der Waals surface area contributed by atoms with E-state index in [4.69, 9.17) is 4.74 Å². The van der Waals surface area contributed by atoms with Crippen molar-refractivity contribution in [3.8, 4) is 5.75 Å². The minimum absolute atomic E-state index is 0.0774. The number of nitrogens with zero attached hydrogens (tertiary/aromatic N) is 1. The second-order valence-electron chi connectivity index (χ2n) is 5.01. The molecule has 0 spiro atoms. The van der Waals surface area contributed by atoms with Crippen LogP contribution in [0.25, 0.3) is 0 Å². The van der Waals surface area contributed by atoms with Gasteiger partial charge in [0.25, 0.3) is 5.91 Å². The van der Waals surface area contributed by atoms with E-state index in [0.717, 1.165) is 24.2 Å². The summed E-state index contributed by atoms with van der Waals surface area (Å²) >= 11 is 0. The molecule has 0 radical (unpaired) electrons. The molecule has 1 heterocycles. The van der Waals surface area contributed by atoms with Gasteiger partial charge in [-0.1, -0.05) is 12.1 Å². The zero-order valence-electron chi connectivity index (χ0n) is 11.3. The minimum Gasteiger partial charge on any atom is -0.497 e. The highest BCUT2D eigenvalue weighted by Gasteiger charge is 2.45. The molecule has 1 fully saturated rings. The highest BCUT2D eigenvalue weighted by molar-refractivity contribution is 5.94. The third kappa shape index (κ3) is 2.37. The summed E-state index contributed by atoms with van der Waals surface area (Å²) in [5, 5.41) is 3.12. The molecule has 0 unspecified atom stereocenters. The van der Waals surface area contributed by atoms with Crippen LogP contribution in [0.5, 0.6) is 5.75 Å². The molecular formula is C16H16N2O2. The van der Waals surface area contributed by atoms with Crippen molar-refractivity contribution in [2.45, 2.75) is 18.4 Å². The van der Waals surface area contributed by atoms with Crippen LogP contribution in [0.2, 0.25) is 0 Å². The summed E-state index contributed by atoms with van der Waals surface area (Å²) in [7, 11) is 1.64. The van der Waals surface area contributed by atoms with Gasteiger partial charge in [-0.2, -0.15) is 0 Å². The van der Waals surface area contributed by atoms with Gasteiger partial charge in [-0.25, -0.2) is 0 Å². The largest absolute Gasteiger partial charge is 0.497 e. The molecule has 3 rings (SSSR count). The summed E-state index contributed by atoms with van der Waals surface area (Å²) in [6, 6.07) is 11.4. The molecule has 4 heteroatoms. The number of pyridine rings is 1. The third-order valence-electron chi connectivity index (χ3n) is 3.67. The average molecular weight is 268 g/mol. The molecule has 1 aliphatic rings. The van der Waals surface area contributed by atoms with Crippen molar-refractivity contribution in [2.75, 3.05) is 7.11 Å². The first kappa shape index (κ1) is 12.7. The molecule has 0 aliphatic heterocycles. The lowest BCUT2D eigenvalue weighted by molar-refractivity contribution is 0.0930. The summed E-state index contributed by atoms with van der Waals surface area (Å²) in [6.07, 6.45) is 5.17. The zero-order valence-corrected chi connectivity index (χ0v) is 11.3. The van der Waals surface area contributed by atoms with Gasteiger partial charge in [0.1, 0.15) is 5.75 Å². The van der Waals surface area contributed by atoms with Gasteiger partial charge < -0.3 is 10.1 Å². The highest BCUT2D eigenvalue weighted by atomic mass is 16.5. The maximum Gasteiger partial charge on any atom is 0.253 e. The van der Waals surface area contributed by atoms with Crippen LogP contribution in [-0.2, 0) is 5.54 Å². The number of hydrogen-bond acceptors (Lipinski definition) is 3. The Morgan fingerprint density at radius 2 is 2.00 bits per heavy atom. The van der Waals surface area contributed by atoms with Gasteiger partial charge in [0.2, 0.25) is 0 Å². The van der Waals surface area contributed by atoms with Crippen molar-refractivity contribution in [1.82, 2.24) is 10.3 Å². The van der Waals surface area contributed by atoms with Crippen LogP contribution in [0.15, 0.2) is 48.8 Å². The van der Waals surface area contributed by atoms with Crippen LogP contribution in [0, 0.1) is 0 Å². The predicted octanol–water partition coefficient (Wildman–Crippen LogP) is 2.51. The van der Waals surface area contributed by atoms with E-state index >= 15 is 0 Å². The second kappa shape index (κ2) is 4.96. The highest BCUT2D eigenvalue weighted by Crippen LogP contribution is 2.45. The normalized spacial score (nSPS) is 15.4. The van der Waals surface area contributed by atoms with E-state index in [1.54, 1.807) is 31.6 Å². The smallest absolute Gasteiger partial charge is 0.253 e. The van der Waals surface area contributed by atoms with Crippen LogP contribution in [0.4, 0.5) is 0 Å². The van der Waals surface area contributed by atoms with Gasteiger partial charge in [0.05, 0.1) is 18.2 Å². The summed E-state index contributed by atoms with van der Waals surface area (Å²) in [4.78, 5) is 16.2. The van der Waals surface area contributed by atoms with Gasteiger partial charge in [0, 0.05) is 12.4 Å². The van der Waals surface area contributed by atoms with Crippen LogP contribution in [0.3, 0.4) is 0 Å². The van der Waals surface area contributed by atoms with Crippen LogP contribution >= 0.6 is 0 Å². The molecule has 1 N–H and O–H groups in total. The Labute approximate surface area is 117 Å². The molecule has 0 atom stereocenters. The lowest BCUT2D eigenvalue weighted by Gasteiger charge is -2.18. The quantitative estimate of drug-likeness (QED) is 0.927. The number of amides is 1. The average Bonchev–Trinajstić information content (AvgIpc) is 3.29. The Morgan fingerprint density at radius 1 is 1.25 bits per heavy atom. The van der Waals surface area contributed by atoms with Gasteiger partial charge in [-0.3, -0.25) is 9.78 Å². The van der Waals surface area contributed by atoms with E-state index < -0.39 is 0 Å². The maximum absolute atomic E-state index is 12.2. The molecule has 1 amide bonds. The van der Waals surface area contributed by atoms with Crippen molar-refractivity contribution in [3.63, 3.8) is 0 Å². The first-order valence-electron chi connectivity index (χ1n) is 6.61. The van der Waals surface area contributed by atoms with Gasteiger partial charge in [-0.05, 0) is 42.7 Å². The van der Waals surface area contributed by atoms with Crippen LogP contribution in [0.1, 0.15) is 28.8 Å². The molecule has 1 aromatic carbocycles. The maximum atomic E-state index is 12.2. The summed E-state index contributed by atoms with van der Waals surface area (Å²) in [5.41, 5.74) is 1.49. The van der Waals surface area contributed by atoms with Crippen LogP contribution in [-0.4, -0.2) is 18.0 Å². The number of carbonyl (C=O) groups excluding carboxylic acids is 1. The van der Waals surface area contributed by atoms with Gasteiger partial charge >= 0.3 is 0 Å². The van der Waals surface area contributed by atoms with Crippen LogP contribution < -0.4 is 10.1 Å². The van der Waals surface area contributed by atoms with Crippen molar-refractivity contribution < 1.29 is 9.53 Å². The lowest BCUT2D eigenvalue weighted by Crippen LogP contribution is -2.34. The number of nitrogens with one attached hydrogen (secondary N) is 1. The Balaban J connectivity index is 1.77. The molecule has 1 saturated carbocycles. The zero-order chi connectivity index (χ0) is 14.0. The van der Waals surface area contributed by atoms with E-state index in [2.05, 4.69) is 10.3 Å². The van der Waals surface area contributed by atoms with Crippen molar-refractivity contribution in [2.24, 2.45) is 0 Å². The van der Waals surface area contributed by atoms with E-state index in [1.807, 2.05) is 24.3 Å². The number of rotatable bonds is 4. The lowest BCUT2D eigenvalue weighted by atomic mass is 10.0. The predicted molar refractivity (Wildman–Crippen MR) is 75.6 cm³/mol. The molecular weight excluding hydrogens is 252 g/mol. The van der Waals surface area contributed by atoms with Crippen molar-refractivity contribution in [3.05, 3.63) is 59.9 Å². The Morgan fingerprint density at radius 3 is 2.55 bits per heavy atom. The topological polar surface area (TPSA) is 51.2 Å². The fourth-order valence-electron chi connectivity index (χ4n) is 2.31. The van der Waals surface area contributed by atoms with E-state index in [1.165, 1.54) is 0 Å². The SMILES string of the molecule is COc1ccc(C2(NC(=O)c3cccnc3)CC2)cc1. The molecule has 20 heavy (non-hydrogen) atoms. The summed E-state index contributed by atoms with van der Waals surface area (Å²) in [5.74, 6) is 0.745.